The molecule has 0 aliphatic carbocycles. The van der Waals surface area contributed by atoms with Gasteiger partial charge in [0.15, 0.2) is 0 Å². The molecule has 5 rings (SSSR count). The van der Waals surface area contributed by atoms with Crippen LogP contribution in [-0.2, 0) is 17.6 Å². The minimum Gasteiger partial charge on any atom is -0.321 e. The number of anilines is 2. The van der Waals surface area contributed by atoms with Gasteiger partial charge in [-0.1, -0.05) is 42.5 Å². The van der Waals surface area contributed by atoms with Crippen molar-refractivity contribution >= 4 is 34.5 Å². The van der Waals surface area contributed by atoms with Gasteiger partial charge in [-0.2, -0.15) is 0 Å². The Bertz CT molecular complexity index is 1250. The number of aromatic nitrogens is 1. The van der Waals surface area contributed by atoms with E-state index in [1.807, 2.05) is 77.0 Å². The summed E-state index contributed by atoms with van der Waals surface area (Å²) in [5.74, 6) is -0.216. The highest BCUT2D eigenvalue weighted by Gasteiger charge is 2.25. The van der Waals surface area contributed by atoms with Crippen LogP contribution in [0.4, 0.5) is 11.4 Å². The third-order valence-electron chi connectivity index (χ3n) is 5.54. The molecule has 5 nitrogen and oxygen atoms in total. The van der Waals surface area contributed by atoms with Crippen LogP contribution in [0.15, 0.2) is 84.4 Å². The number of thiophene rings is 1. The summed E-state index contributed by atoms with van der Waals surface area (Å²) in [6, 6.07) is 23.1. The lowest BCUT2D eigenvalue weighted by Crippen LogP contribution is -2.30. The van der Waals surface area contributed by atoms with E-state index >= 15 is 0 Å². The third kappa shape index (κ3) is 4.18. The molecule has 3 heterocycles. The highest BCUT2D eigenvalue weighted by Crippen LogP contribution is 2.31. The summed E-state index contributed by atoms with van der Waals surface area (Å²) in [6.45, 7) is 0.657. The molecule has 0 bridgehead atoms. The maximum Gasteiger partial charge on any atom is 0.274 e. The molecule has 2 amide bonds. The number of nitrogens with zero attached hydrogens (tertiary/aromatic N) is 2. The van der Waals surface area contributed by atoms with E-state index in [4.69, 9.17) is 0 Å². The van der Waals surface area contributed by atoms with Gasteiger partial charge < -0.3 is 10.2 Å². The molecule has 6 heteroatoms. The molecule has 1 aliphatic rings. The highest BCUT2D eigenvalue weighted by atomic mass is 32.1. The zero-order chi connectivity index (χ0) is 21.9. The summed E-state index contributed by atoms with van der Waals surface area (Å²) < 4.78 is 0. The number of rotatable bonds is 5. The predicted octanol–water partition coefficient (Wildman–Crippen LogP) is 5.19. The van der Waals surface area contributed by atoms with Gasteiger partial charge in [-0.05, 0) is 53.3 Å². The molecule has 0 saturated heterocycles. The normalized spacial score (nSPS) is 12.4. The van der Waals surface area contributed by atoms with Crippen LogP contribution in [0.25, 0.3) is 10.4 Å². The van der Waals surface area contributed by atoms with Crippen LogP contribution in [0.5, 0.6) is 0 Å². The Morgan fingerprint density at radius 2 is 1.88 bits per heavy atom. The van der Waals surface area contributed by atoms with Gasteiger partial charge in [0, 0.05) is 34.6 Å². The molecule has 0 unspecified atom stereocenters. The van der Waals surface area contributed by atoms with E-state index in [9.17, 15) is 9.59 Å². The van der Waals surface area contributed by atoms with Gasteiger partial charge >= 0.3 is 0 Å². The average molecular weight is 440 g/mol. The average Bonchev–Trinajstić information content (AvgIpc) is 3.50. The van der Waals surface area contributed by atoms with Crippen LogP contribution in [0.1, 0.15) is 21.6 Å². The van der Waals surface area contributed by atoms with Crippen LogP contribution in [0.3, 0.4) is 0 Å². The van der Waals surface area contributed by atoms with E-state index < -0.39 is 0 Å². The number of fused-ring (bicyclic) bond motifs is 1. The Kier molecular flexibility index (Phi) is 5.52. The smallest absolute Gasteiger partial charge is 0.274 e. The Labute approximate surface area is 190 Å². The lowest BCUT2D eigenvalue weighted by Gasteiger charge is -2.18. The molecule has 2 aromatic carbocycles. The first-order valence-electron chi connectivity index (χ1n) is 10.5. The molecule has 2 aromatic heterocycles. The van der Waals surface area contributed by atoms with Gasteiger partial charge in [0.2, 0.25) is 5.91 Å². The lowest BCUT2D eigenvalue weighted by molar-refractivity contribution is -0.117. The second kappa shape index (κ2) is 8.77. The summed E-state index contributed by atoms with van der Waals surface area (Å²) in [5.41, 5.74) is 4.96. The summed E-state index contributed by atoms with van der Waals surface area (Å²) in [6.07, 6.45) is 2.89. The fourth-order valence-corrected chi connectivity index (χ4v) is 4.61. The fraction of sp³-hybridized carbons (Fsp3) is 0.115. The first-order chi connectivity index (χ1) is 15.7. The molecule has 0 atom stereocenters. The Hall–Kier alpha value is -3.77. The first kappa shape index (κ1) is 20.2. The minimum atomic E-state index is -0.275. The molecule has 32 heavy (non-hydrogen) atoms. The third-order valence-corrected chi connectivity index (χ3v) is 6.46. The topological polar surface area (TPSA) is 62.3 Å². The molecule has 0 saturated carbocycles. The quantitative estimate of drug-likeness (QED) is 0.465. The lowest BCUT2D eigenvalue weighted by atomic mass is 10.1. The van der Waals surface area contributed by atoms with Crippen molar-refractivity contribution in [1.29, 1.82) is 0 Å². The Balaban J connectivity index is 1.30. The van der Waals surface area contributed by atoms with Crippen molar-refractivity contribution in [2.24, 2.45) is 0 Å². The number of amides is 2. The van der Waals surface area contributed by atoms with E-state index in [1.54, 1.807) is 23.6 Å². The number of hydrogen-bond donors (Lipinski definition) is 1. The Morgan fingerprint density at radius 3 is 2.62 bits per heavy atom. The summed E-state index contributed by atoms with van der Waals surface area (Å²) in [5, 5.41) is 4.93. The molecule has 1 N–H and O–H groups in total. The van der Waals surface area contributed by atoms with E-state index in [0.717, 1.165) is 33.7 Å². The molecular formula is C26H21N3O2S. The van der Waals surface area contributed by atoms with Crippen LogP contribution in [-0.4, -0.2) is 23.3 Å². The van der Waals surface area contributed by atoms with E-state index in [0.29, 0.717) is 24.3 Å². The standard InChI is InChI=1S/C26H21N3O2S/c30-25(15-18-5-2-1-3-6-18)29-13-12-19-8-10-21(16-23(19)29)28-26(31)22-11-9-20(17-27-22)24-7-4-14-32-24/h1-11,14,16-17H,12-13,15H2,(H,28,31). The van der Waals surface area contributed by atoms with Crippen molar-refractivity contribution in [3.63, 3.8) is 0 Å². The monoisotopic (exact) mass is 439 g/mol. The molecule has 0 spiro atoms. The van der Waals surface area contributed by atoms with Gasteiger partial charge in [0.25, 0.3) is 5.91 Å². The van der Waals surface area contributed by atoms with Crippen molar-refractivity contribution in [2.75, 3.05) is 16.8 Å². The zero-order valence-electron chi connectivity index (χ0n) is 17.3. The SMILES string of the molecule is O=C(Nc1ccc2c(c1)N(C(=O)Cc1ccccc1)CC2)c1ccc(-c2cccs2)cn1. The van der Waals surface area contributed by atoms with Crippen LogP contribution >= 0.6 is 11.3 Å². The molecule has 0 radical (unpaired) electrons. The maximum absolute atomic E-state index is 12.9. The number of nitrogens with one attached hydrogen (secondary N) is 1. The fourth-order valence-electron chi connectivity index (χ4n) is 3.89. The van der Waals surface area contributed by atoms with Gasteiger partial charge in [0.05, 0.1) is 6.42 Å². The van der Waals surface area contributed by atoms with Gasteiger partial charge in [0.1, 0.15) is 5.69 Å². The molecule has 4 aromatic rings. The minimum absolute atomic E-state index is 0.0595. The van der Waals surface area contributed by atoms with Gasteiger partial charge in [-0.25, -0.2) is 0 Å². The second-order valence-electron chi connectivity index (χ2n) is 7.66. The van der Waals surface area contributed by atoms with Gasteiger partial charge in [-0.15, -0.1) is 11.3 Å². The number of hydrogen-bond acceptors (Lipinski definition) is 4. The van der Waals surface area contributed by atoms with Gasteiger partial charge in [-0.3, -0.25) is 14.6 Å². The molecule has 1 aliphatic heterocycles. The predicted molar refractivity (Wildman–Crippen MR) is 128 cm³/mol. The highest BCUT2D eigenvalue weighted by molar-refractivity contribution is 7.13. The van der Waals surface area contributed by atoms with Crippen LogP contribution in [0, 0.1) is 0 Å². The van der Waals surface area contributed by atoms with Crippen molar-refractivity contribution in [1.82, 2.24) is 4.98 Å². The van der Waals surface area contributed by atoms with Crippen molar-refractivity contribution < 1.29 is 9.59 Å². The second-order valence-corrected chi connectivity index (χ2v) is 8.61. The zero-order valence-corrected chi connectivity index (χ0v) is 18.1. The summed E-state index contributed by atoms with van der Waals surface area (Å²) in [4.78, 5) is 32.9. The number of pyridine rings is 1. The summed E-state index contributed by atoms with van der Waals surface area (Å²) >= 11 is 1.63. The van der Waals surface area contributed by atoms with E-state index in [2.05, 4.69) is 10.3 Å². The van der Waals surface area contributed by atoms with Crippen molar-refractivity contribution in [2.45, 2.75) is 12.8 Å². The van der Waals surface area contributed by atoms with Crippen molar-refractivity contribution in [3.8, 4) is 10.4 Å². The van der Waals surface area contributed by atoms with Crippen LogP contribution in [0.2, 0.25) is 0 Å². The maximum atomic E-state index is 12.9. The van der Waals surface area contributed by atoms with E-state index in [1.165, 1.54) is 0 Å². The first-order valence-corrected chi connectivity index (χ1v) is 11.3. The van der Waals surface area contributed by atoms with Crippen LogP contribution < -0.4 is 10.2 Å². The number of benzene rings is 2. The molecule has 0 fully saturated rings. The van der Waals surface area contributed by atoms with Crippen molar-refractivity contribution in [3.05, 3.63) is 101 Å². The largest absolute Gasteiger partial charge is 0.321 e. The number of carbonyl (C=O) groups is 2. The molecule has 158 valence electrons. The Morgan fingerprint density at radius 1 is 1.00 bits per heavy atom. The molecular weight excluding hydrogens is 418 g/mol. The van der Waals surface area contributed by atoms with E-state index in [-0.39, 0.29) is 11.8 Å². The summed E-state index contributed by atoms with van der Waals surface area (Å²) in [7, 11) is 0. The number of carbonyl (C=O) groups excluding carboxylic acids is 2.